The Bertz CT molecular complexity index is 1170. The van der Waals surface area contributed by atoms with Crippen LogP contribution in [0, 0.1) is 0 Å². The normalized spacial score (nSPS) is 11.5. The Kier molecular flexibility index (Phi) is 2.66. The van der Waals surface area contributed by atoms with Crippen molar-refractivity contribution >= 4 is 42.4 Å². The zero-order chi connectivity index (χ0) is 15.2. The van der Waals surface area contributed by atoms with Gasteiger partial charge in [0.05, 0.1) is 20.6 Å². The summed E-state index contributed by atoms with van der Waals surface area (Å²) in [5, 5.41) is 3.59. The van der Waals surface area contributed by atoms with E-state index in [0.717, 1.165) is 22.2 Å². The van der Waals surface area contributed by atoms with Gasteiger partial charge in [-0.15, -0.1) is 11.3 Å². The van der Waals surface area contributed by atoms with E-state index in [1.165, 1.54) is 20.2 Å². The van der Waals surface area contributed by atoms with Crippen molar-refractivity contribution in [1.29, 1.82) is 0 Å². The van der Waals surface area contributed by atoms with Crippen LogP contribution >= 0.6 is 11.3 Å². The summed E-state index contributed by atoms with van der Waals surface area (Å²) in [6, 6.07) is 14.4. The van der Waals surface area contributed by atoms with Crippen LogP contribution in [0.1, 0.15) is 0 Å². The molecule has 3 nitrogen and oxygen atoms in total. The lowest BCUT2D eigenvalue weighted by Crippen LogP contribution is -1.87. The van der Waals surface area contributed by atoms with Crippen molar-refractivity contribution < 1.29 is 0 Å². The summed E-state index contributed by atoms with van der Waals surface area (Å²) in [6.07, 6.45) is 7.48. The molecule has 0 spiro atoms. The summed E-state index contributed by atoms with van der Waals surface area (Å²) in [5.41, 5.74) is 3.06. The largest absolute Gasteiger partial charge is 0.263 e. The van der Waals surface area contributed by atoms with Crippen molar-refractivity contribution in [2.45, 2.75) is 0 Å². The number of hydrogen-bond donors (Lipinski definition) is 0. The fourth-order valence-electron chi connectivity index (χ4n) is 3.04. The number of benzene rings is 1. The Labute approximate surface area is 136 Å². The molecule has 0 unspecified atom stereocenters. The third-order valence-corrected chi connectivity index (χ3v) is 5.24. The van der Waals surface area contributed by atoms with E-state index in [4.69, 9.17) is 0 Å². The van der Waals surface area contributed by atoms with E-state index in [0.29, 0.717) is 0 Å². The van der Waals surface area contributed by atoms with Crippen LogP contribution in [0.4, 0.5) is 0 Å². The van der Waals surface area contributed by atoms with Crippen molar-refractivity contribution in [3.8, 4) is 11.3 Å². The molecule has 0 aliphatic carbocycles. The molecule has 23 heavy (non-hydrogen) atoms. The molecule has 0 fully saturated rings. The minimum absolute atomic E-state index is 0.991. The molecule has 4 heteroatoms. The van der Waals surface area contributed by atoms with Crippen molar-refractivity contribution in [2.75, 3.05) is 0 Å². The second-order valence-electron chi connectivity index (χ2n) is 5.39. The molecule has 0 amide bonds. The van der Waals surface area contributed by atoms with Crippen LogP contribution in [-0.4, -0.2) is 15.0 Å². The molecular weight excluding hydrogens is 302 g/mol. The van der Waals surface area contributed by atoms with E-state index < -0.39 is 0 Å². The fraction of sp³-hybridized carbons (Fsp3) is 0. The highest BCUT2D eigenvalue weighted by Gasteiger charge is 2.13. The number of pyridine rings is 3. The SMILES string of the molecule is c1cnc2c(-c3nccc4c3sc3cnccc34)cccc2c1. The smallest absolute Gasteiger partial charge is 0.0902 e. The molecule has 108 valence electrons. The van der Waals surface area contributed by atoms with Gasteiger partial charge in [0.2, 0.25) is 0 Å². The Hall–Kier alpha value is -2.85. The maximum atomic E-state index is 4.67. The van der Waals surface area contributed by atoms with Gasteiger partial charge >= 0.3 is 0 Å². The minimum Gasteiger partial charge on any atom is -0.263 e. The van der Waals surface area contributed by atoms with Crippen molar-refractivity contribution in [3.05, 3.63) is 67.3 Å². The molecule has 5 rings (SSSR count). The lowest BCUT2D eigenvalue weighted by atomic mass is 10.0. The molecule has 0 N–H and O–H groups in total. The highest BCUT2D eigenvalue weighted by molar-refractivity contribution is 7.26. The molecule has 5 aromatic rings. The topological polar surface area (TPSA) is 38.7 Å². The average molecular weight is 313 g/mol. The third kappa shape index (κ3) is 1.85. The van der Waals surface area contributed by atoms with E-state index in [2.05, 4.69) is 51.4 Å². The molecule has 0 aliphatic heterocycles. The van der Waals surface area contributed by atoms with E-state index >= 15 is 0 Å². The molecule has 0 saturated carbocycles. The number of para-hydroxylation sites is 1. The number of thiophene rings is 1. The Morgan fingerprint density at radius 1 is 0.783 bits per heavy atom. The van der Waals surface area contributed by atoms with Crippen LogP contribution in [0.5, 0.6) is 0 Å². The first kappa shape index (κ1) is 12.7. The van der Waals surface area contributed by atoms with Crippen LogP contribution in [0.15, 0.2) is 67.3 Å². The van der Waals surface area contributed by atoms with Crippen LogP contribution in [0.3, 0.4) is 0 Å². The molecule has 4 aromatic heterocycles. The second-order valence-corrected chi connectivity index (χ2v) is 6.44. The van der Waals surface area contributed by atoms with E-state index in [1.807, 2.05) is 30.9 Å². The number of aromatic nitrogens is 3. The predicted molar refractivity (Wildman–Crippen MR) is 95.7 cm³/mol. The van der Waals surface area contributed by atoms with Gasteiger partial charge in [0.15, 0.2) is 0 Å². The Balaban J connectivity index is 1.93. The molecule has 1 aromatic carbocycles. The molecule has 0 atom stereocenters. The number of nitrogens with zero attached hydrogens (tertiary/aromatic N) is 3. The fourth-order valence-corrected chi connectivity index (χ4v) is 4.21. The monoisotopic (exact) mass is 313 g/mol. The molecule has 0 bridgehead atoms. The molecule has 0 aliphatic rings. The lowest BCUT2D eigenvalue weighted by Gasteiger charge is -2.06. The van der Waals surface area contributed by atoms with Gasteiger partial charge in [-0.05, 0) is 18.2 Å². The minimum atomic E-state index is 0.991. The number of fused-ring (bicyclic) bond motifs is 4. The average Bonchev–Trinajstić information content (AvgIpc) is 3.00. The van der Waals surface area contributed by atoms with Gasteiger partial charge in [0.1, 0.15) is 0 Å². The van der Waals surface area contributed by atoms with Crippen LogP contribution in [-0.2, 0) is 0 Å². The summed E-state index contributed by atoms with van der Waals surface area (Å²) in [7, 11) is 0. The molecule has 0 radical (unpaired) electrons. The summed E-state index contributed by atoms with van der Waals surface area (Å²) in [5.74, 6) is 0. The third-order valence-electron chi connectivity index (χ3n) is 4.08. The van der Waals surface area contributed by atoms with Crippen molar-refractivity contribution in [1.82, 2.24) is 15.0 Å². The summed E-state index contributed by atoms with van der Waals surface area (Å²) in [6.45, 7) is 0. The van der Waals surface area contributed by atoms with Crippen LogP contribution < -0.4 is 0 Å². The first-order valence-corrected chi connectivity index (χ1v) is 8.19. The number of rotatable bonds is 1. The maximum absolute atomic E-state index is 4.67. The highest BCUT2D eigenvalue weighted by atomic mass is 32.1. The Morgan fingerprint density at radius 3 is 2.70 bits per heavy atom. The highest BCUT2D eigenvalue weighted by Crippen LogP contribution is 2.39. The lowest BCUT2D eigenvalue weighted by molar-refractivity contribution is 1.35. The maximum Gasteiger partial charge on any atom is 0.0902 e. The van der Waals surface area contributed by atoms with E-state index in [-0.39, 0.29) is 0 Å². The standard InChI is InChI=1S/C19H11N3S/c1-3-12-4-2-8-21-17(12)15(5-1)18-19-14(7-10-22-18)13-6-9-20-11-16(13)23-19/h1-11H. The zero-order valence-corrected chi connectivity index (χ0v) is 12.9. The first-order valence-electron chi connectivity index (χ1n) is 7.37. The summed E-state index contributed by atoms with van der Waals surface area (Å²) in [4.78, 5) is 13.5. The van der Waals surface area contributed by atoms with Gasteiger partial charge in [-0.1, -0.05) is 24.3 Å². The van der Waals surface area contributed by atoms with E-state index in [1.54, 1.807) is 11.3 Å². The Morgan fingerprint density at radius 2 is 1.70 bits per heavy atom. The second kappa shape index (κ2) is 4.83. The molecule has 4 heterocycles. The van der Waals surface area contributed by atoms with Crippen molar-refractivity contribution in [2.24, 2.45) is 0 Å². The summed E-state index contributed by atoms with van der Waals surface area (Å²) < 4.78 is 2.37. The first-order chi connectivity index (χ1) is 11.4. The van der Waals surface area contributed by atoms with Crippen LogP contribution in [0.25, 0.3) is 42.3 Å². The number of hydrogen-bond acceptors (Lipinski definition) is 4. The molecule has 0 saturated heterocycles. The van der Waals surface area contributed by atoms with Gasteiger partial charge in [0, 0.05) is 46.5 Å². The van der Waals surface area contributed by atoms with Gasteiger partial charge in [0.25, 0.3) is 0 Å². The van der Waals surface area contributed by atoms with Gasteiger partial charge < -0.3 is 0 Å². The molecular formula is C19H11N3S. The predicted octanol–water partition coefficient (Wildman–Crippen LogP) is 5.06. The van der Waals surface area contributed by atoms with Crippen molar-refractivity contribution in [3.63, 3.8) is 0 Å². The van der Waals surface area contributed by atoms with Gasteiger partial charge in [-0.2, -0.15) is 0 Å². The summed E-state index contributed by atoms with van der Waals surface area (Å²) >= 11 is 1.74. The van der Waals surface area contributed by atoms with Gasteiger partial charge in [-0.3, -0.25) is 15.0 Å². The van der Waals surface area contributed by atoms with Gasteiger partial charge in [-0.25, -0.2) is 0 Å². The quantitative estimate of drug-likeness (QED) is 0.434. The van der Waals surface area contributed by atoms with Crippen LogP contribution in [0.2, 0.25) is 0 Å². The van der Waals surface area contributed by atoms with E-state index in [9.17, 15) is 0 Å². The zero-order valence-electron chi connectivity index (χ0n) is 12.1.